The van der Waals surface area contributed by atoms with Crippen LogP contribution in [-0.2, 0) is 21.7 Å². The molecule has 1 radical (unpaired) electrons. The third kappa shape index (κ3) is 7.62. The quantitative estimate of drug-likeness (QED) is 0.429. The zero-order chi connectivity index (χ0) is 20.1. The molecule has 0 aromatic heterocycles. The van der Waals surface area contributed by atoms with Crippen molar-refractivity contribution in [3.8, 4) is 0 Å². The van der Waals surface area contributed by atoms with Crippen molar-refractivity contribution >= 4 is 0 Å². The first kappa shape index (κ1) is 30.2. The smallest absolute Gasteiger partial charge is 1.00 e. The Morgan fingerprint density at radius 1 is 0.839 bits per heavy atom. The van der Waals surface area contributed by atoms with Gasteiger partial charge in [0.05, 0.1) is 0 Å². The van der Waals surface area contributed by atoms with Crippen LogP contribution in [0.15, 0.2) is 77.4 Å². The second-order valence-electron chi connectivity index (χ2n) is 8.93. The fourth-order valence-electron chi connectivity index (χ4n) is 4.25. The van der Waals surface area contributed by atoms with E-state index in [9.17, 15) is 0 Å². The molecule has 2 unspecified atom stereocenters. The van der Waals surface area contributed by atoms with Gasteiger partial charge in [-0.2, -0.15) is 11.1 Å². The van der Waals surface area contributed by atoms with Crippen LogP contribution in [0.1, 0.15) is 69.9 Å². The minimum atomic E-state index is -0.0243. The van der Waals surface area contributed by atoms with E-state index in [1.54, 1.807) is 5.57 Å². The van der Waals surface area contributed by atoms with Crippen LogP contribution in [0.4, 0.5) is 0 Å². The van der Waals surface area contributed by atoms with E-state index in [0.717, 1.165) is 19.3 Å². The molecule has 0 fully saturated rings. The van der Waals surface area contributed by atoms with Gasteiger partial charge in [-0.1, -0.05) is 94.8 Å². The van der Waals surface area contributed by atoms with E-state index in [1.807, 2.05) is 0 Å². The van der Waals surface area contributed by atoms with E-state index in [2.05, 4.69) is 94.4 Å². The molecule has 0 saturated carbocycles. The maximum absolute atomic E-state index is 6.14. The largest absolute Gasteiger partial charge is 3.00 e. The van der Waals surface area contributed by atoms with E-state index >= 15 is 0 Å². The van der Waals surface area contributed by atoms with Crippen molar-refractivity contribution in [1.82, 2.24) is 0 Å². The summed E-state index contributed by atoms with van der Waals surface area (Å²) >= 11 is 0. The predicted octanol–water partition coefficient (Wildman–Crippen LogP) is 0.794. The van der Waals surface area contributed by atoms with Gasteiger partial charge in [0.2, 0.25) is 0 Å². The molecule has 0 bridgehead atoms. The van der Waals surface area contributed by atoms with Gasteiger partial charge in [-0.25, -0.2) is 5.57 Å². The van der Waals surface area contributed by atoms with Crippen LogP contribution in [0.3, 0.4) is 0 Å². The average molecular weight is 491 g/mol. The predicted molar refractivity (Wildman–Crippen MR) is 120 cm³/mol. The van der Waals surface area contributed by atoms with Gasteiger partial charge in [-0.15, -0.1) is 6.42 Å². The Kier molecular flexibility index (Phi) is 13.3. The Morgan fingerprint density at radius 2 is 1.29 bits per heavy atom. The Bertz CT molecular complexity index is 844. The molecule has 0 amide bonds. The molecule has 1 aliphatic rings. The third-order valence-electron chi connectivity index (χ3n) is 6.19. The van der Waals surface area contributed by atoms with Crippen molar-refractivity contribution in [3.63, 3.8) is 0 Å². The number of benzene rings is 2. The summed E-state index contributed by atoms with van der Waals surface area (Å²) in [6.45, 7) is 9.84. The molecule has 4 heteroatoms. The Morgan fingerprint density at radius 3 is 1.74 bits per heavy atom. The summed E-state index contributed by atoms with van der Waals surface area (Å²) in [7, 11) is 0. The van der Waals surface area contributed by atoms with Crippen LogP contribution in [-0.4, -0.2) is 6.54 Å². The SMILES string of the molecule is CC(CC1=C(CC(C)c2ccccc2)C(C(C)(C)CN)=[C-]C1)c1ccccc1.[Cl-].[Cl-].[Ti+3]. The summed E-state index contributed by atoms with van der Waals surface area (Å²) in [5.41, 5.74) is 13.4. The van der Waals surface area contributed by atoms with E-state index in [0.29, 0.717) is 18.4 Å². The molecule has 2 atom stereocenters. The van der Waals surface area contributed by atoms with Crippen LogP contribution in [0, 0.1) is 11.5 Å². The summed E-state index contributed by atoms with van der Waals surface area (Å²) in [6.07, 6.45) is 6.83. The van der Waals surface area contributed by atoms with Gasteiger partial charge in [-0.05, 0) is 41.3 Å². The number of hydrogen-bond donors (Lipinski definition) is 1. The van der Waals surface area contributed by atoms with Crippen LogP contribution in [0.5, 0.6) is 0 Å². The molecule has 31 heavy (non-hydrogen) atoms. The molecule has 0 spiro atoms. The molecule has 0 heterocycles. The number of allylic oxidation sites excluding steroid dienone is 3. The van der Waals surface area contributed by atoms with Crippen molar-refractivity contribution < 1.29 is 46.5 Å². The van der Waals surface area contributed by atoms with Crippen molar-refractivity contribution in [2.75, 3.05) is 6.54 Å². The van der Waals surface area contributed by atoms with Gasteiger partial charge in [0, 0.05) is 0 Å². The van der Waals surface area contributed by atoms with Gasteiger partial charge >= 0.3 is 21.7 Å². The van der Waals surface area contributed by atoms with Crippen LogP contribution < -0.4 is 30.5 Å². The zero-order valence-corrected chi connectivity index (χ0v) is 22.2. The molecular formula is C27H34Cl2NTi. The van der Waals surface area contributed by atoms with Gasteiger partial charge in [0.25, 0.3) is 0 Å². The fourth-order valence-corrected chi connectivity index (χ4v) is 4.25. The van der Waals surface area contributed by atoms with Gasteiger partial charge in [0.15, 0.2) is 0 Å². The summed E-state index contributed by atoms with van der Waals surface area (Å²) in [6, 6.07) is 21.7. The standard InChI is InChI=1S/C27H34N.2ClH.Ti/c1-20(22-11-7-5-8-12-22)17-24-15-16-26(27(3,4)19-28)25(24)18-21(2)23-13-9-6-10-14-23;;;/h5-14,20-21H,15,17-19,28H2,1-4H3;2*1H;/q-1;;;+3/p-2. The number of nitrogens with two attached hydrogens (primary N) is 1. The van der Waals surface area contributed by atoms with Crippen molar-refractivity contribution in [2.45, 2.75) is 58.8 Å². The minimum absolute atomic E-state index is 0. The molecule has 2 N–H and O–H groups in total. The van der Waals surface area contributed by atoms with E-state index in [1.165, 1.54) is 22.3 Å². The van der Waals surface area contributed by atoms with Crippen LogP contribution in [0.2, 0.25) is 0 Å². The second-order valence-corrected chi connectivity index (χ2v) is 8.93. The average Bonchev–Trinajstić information content (AvgIpc) is 3.12. The minimum Gasteiger partial charge on any atom is -1.00 e. The van der Waals surface area contributed by atoms with Crippen molar-refractivity contribution in [2.24, 2.45) is 11.1 Å². The van der Waals surface area contributed by atoms with Gasteiger partial charge < -0.3 is 30.5 Å². The number of halogens is 2. The van der Waals surface area contributed by atoms with Crippen LogP contribution in [0.25, 0.3) is 0 Å². The number of rotatable bonds is 8. The summed E-state index contributed by atoms with van der Waals surface area (Å²) in [4.78, 5) is 0. The summed E-state index contributed by atoms with van der Waals surface area (Å²) in [5, 5.41) is 0. The maximum Gasteiger partial charge on any atom is 3.00 e. The van der Waals surface area contributed by atoms with Crippen molar-refractivity contribution in [1.29, 1.82) is 0 Å². The van der Waals surface area contributed by atoms with E-state index in [-0.39, 0.29) is 51.9 Å². The van der Waals surface area contributed by atoms with E-state index in [4.69, 9.17) is 5.73 Å². The molecule has 2 aromatic rings. The van der Waals surface area contributed by atoms with Gasteiger partial charge in [-0.3, -0.25) is 6.08 Å². The topological polar surface area (TPSA) is 26.0 Å². The number of hydrogen-bond acceptors (Lipinski definition) is 1. The van der Waals surface area contributed by atoms with Crippen LogP contribution >= 0.6 is 0 Å². The van der Waals surface area contributed by atoms with Gasteiger partial charge in [0.1, 0.15) is 0 Å². The first-order valence-electron chi connectivity index (χ1n) is 10.5. The van der Waals surface area contributed by atoms with E-state index < -0.39 is 0 Å². The monoisotopic (exact) mass is 490 g/mol. The second kappa shape index (κ2) is 13.7. The molecule has 1 nitrogen and oxygen atoms in total. The first-order valence-corrected chi connectivity index (χ1v) is 10.5. The Balaban J connectivity index is 0.00000300. The molecule has 2 aromatic carbocycles. The molecule has 0 aliphatic heterocycles. The maximum atomic E-state index is 6.14. The normalized spacial score (nSPS) is 15.2. The van der Waals surface area contributed by atoms with Crippen molar-refractivity contribution in [3.05, 3.63) is 94.6 Å². The molecule has 0 saturated heterocycles. The third-order valence-corrected chi connectivity index (χ3v) is 6.19. The molecule has 1 aliphatic carbocycles. The molecule has 3 rings (SSSR count). The Labute approximate surface area is 216 Å². The summed E-state index contributed by atoms with van der Waals surface area (Å²) < 4.78 is 0. The molecule has 165 valence electrons. The molecular weight excluding hydrogens is 457 g/mol. The first-order chi connectivity index (χ1) is 13.4. The zero-order valence-electron chi connectivity index (χ0n) is 19.1. The fraction of sp³-hybridized carbons (Fsp3) is 0.407. The Hall–Kier alpha value is -0.826. The summed E-state index contributed by atoms with van der Waals surface area (Å²) in [5.74, 6) is 1.00.